The lowest BCUT2D eigenvalue weighted by Crippen LogP contribution is -2.44. The number of carbonyl (C=O) groups excluding carboxylic acids is 1. The molecule has 0 unspecified atom stereocenters. The van der Waals surface area contributed by atoms with E-state index in [1.165, 1.54) is 5.56 Å². The molecule has 2 aliphatic heterocycles. The Balaban J connectivity index is 1.23. The number of benzene rings is 3. The maximum atomic E-state index is 13.6. The maximum absolute atomic E-state index is 13.6. The molecule has 0 saturated carbocycles. The minimum absolute atomic E-state index is 0.0429. The number of halogens is 1. The van der Waals surface area contributed by atoms with Crippen molar-refractivity contribution in [1.82, 2.24) is 14.8 Å². The quantitative estimate of drug-likeness (QED) is 0.323. The molecule has 0 radical (unpaired) electrons. The van der Waals surface area contributed by atoms with Gasteiger partial charge in [-0.25, -0.2) is 0 Å². The number of hydrogen-bond acceptors (Lipinski definition) is 4. The van der Waals surface area contributed by atoms with E-state index < -0.39 is 0 Å². The van der Waals surface area contributed by atoms with E-state index in [1.54, 1.807) is 0 Å². The van der Waals surface area contributed by atoms with Crippen LogP contribution in [0.25, 0.3) is 16.9 Å². The molecular formula is C31H30ClN3O3. The Morgan fingerprint density at radius 1 is 0.947 bits per heavy atom. The predicted molar refractivity (Wildman–Crippen MR) is 149 cm³/mol. The summed E-state index contributed by atoms with van der Waals surface area (Å²) in [6, 6.07) is 26.2. The van der Waals surface area contributed by atoms with Crippen LogP contribution < -0.4 is 14.8 Å². The Hall–Kier alpha value is -3.74. The van der Waals surface area contributed by atoms with Crippen LogP contribution >= 0.6 is 11.6 Å². The van der Waals surface area contributed by atoms with E-state index in [-0.39, 0.29) is 18.7 Å². The van der Waals surface area contributed by atoms with Gasteiger partial charge in [0.15, 0.2) is 11.5 Å². The number of nitrogens with one attached hydrogen (secondary N) is 1. The topological polar surface area (TPSA) is 55.7 Å². The molecule has 3 aromatic carbocycles. The van der Waals surface area contributed by atoms with Gasteiger partial charge in [-0.3, -0.25) is 9.69 Å². The first-order valence-corrected chi connectivity index (χ1v) is 13.4. The molecule has 0 spiro atoms. The summed E-state index contributed by atoms with van der Waals surface area (Å²) < 4.78 is 13.2. The second-order valence-electron chi connectivity index (χ2n) is 9.92. The van der Waals surface area contributed by atoms with Crippen molar-refractivity contribution in [3.8, 4) is 28.4 Å². The van der Waals surface area contributed by atoms with Crippen molar-refractivity contribution in [2.45, 2.75) is 32.4 Å². The molecule has 1 aromatic heterocycles. The van der Waals surface area contributed by atoms with Crippen molar-refractivity contribution in [1.29, 1.82) is 0 Å². The number of carbonyl (C=O) groups is 1. The van der Waals surface area contributed by atoms with E-state index in [9.17, 15) is 4.79 Å². The first kappa shape index (κ1) is 24.6. The maximum Gasteiger partial charge on any atom is 0.253 e. The van der Waals surface area contributed by atoms with Crippen molar-refractivity contribution >= 4 is 17.5 Å². The number of rotatable bonds is 6. The van der Waals surface area contributed by atoms with E-state index >= 15 is 0 Å². The van der Waals surface area contributed by atoms with Gasteiger partial charge in [-0.15, -0.1) is 0 Å². The molecule has 1 fully saturated rings. The Labute approximate surface area is 227 Å². The van der Waals surface area contributed by atoms with Crippen LogP contribution in [0.1, 0.15) is 34.5 Å². The number of fused-ring (bicyclic) bond motifs is 1. The lowest BCUT2D eigenvalue weighted by atomic mass is 10.0. The average Bonchev–Trinajstić information content (AvgIpc) is 3.54. The van der Waals surface area contributed by atoms with E-state index in [4.69, 9.17) is 21.1 Å². The first-order chi connectivity index (χ1) is 18.5. The number of likely N-dealkylation sites (tertiary alicyclic amines) is 1. The van der Waals surface area contributed by atoms with Gasteiger partial charge in [0.05, 0.1) is 11.3 Å². The lowest BCUT2D eigenvalue weighted by Gasteiger charge is -2.32. The van der Waals surface area contributed by atoms with Crippen LogP contribution in [0, 0.1) is 6.92 Å². The van der Waals surface area contributed by atoms with Crippen LogP contribution in [-0.2, 0) is 6.54 Å². The summed E-state index contributed by atoms with van der Waals surface area (Å²) in [5.41, 5.74) is 5.66. The summed E-state index contributed by atoms with van der Waals surface area (Å²) in [7, 11) is 0. The van der Waals surface area contributed by atoms with E-state index in [2.05, 4.69) is 39.0 Å². The highest BCUT2D eigenvalue weighted by Crippen LogP contribution is 2.37. The van der Waals surface area contributed by atoms with Gasteiger partial charge < -0.3 is 19.4 Å². The van der Waals surface area contributed by atoms with Crippen LogP contribution in [0.4, 0.5) is 0 Å². The molecule has 3 heterocycles. The van der Waals surface area contributed by atoms with E-state index in [0.29, 0.717) is 16.3 Å². The van der Waals surface area contributed by atoms with E-state index in [0.717, 1.165) is 60.9 Å². The third-order valence-electron chi connectivity index (χ3n) is 7.42. The van der Waals surface area contributed by atoms with Gasteiger partial charge in [-0.05, 0) is 61.2 Å². The van der Waals surface area contributed by atoms with Crippen molar-refractivity contribution in [2.24, 2.45) is 0 Å². The zero-order valence-electron chi connectivity index (χ0n) is 21.3. The van der Waals surface area contributed by atoms with Gasteiger partial charge in [0, 0.05) is 48.1 Å². The van der Waals surface area contributed by atoms with Gasteiger partial charge >= 0.3 is 0 Å². The second kappa shape index (κ2) is 10.6. The van der Waals surface area contributed by atoms with Gasteiger partial charge in [0.2, 0.25) is 6.79 Å². The van der Waals surface area contributed by atoms with Gasteiger partial charge in [0.25, 0.3) is 5.91 Å². The fraction of sp³-hybridized carbons (Fsp3) is 0.258. The fourth-order valence-electron chi connectivity index (χ4n) is 5.37. The minimum atomic E-state index is -0.0429. The number of hydrogen-bond donors (Lipinski definition) is 1. The van der Waals surface area contributed by atoms with Gasteiger partial charge in [0.1, 0.15) is 0 Å². The van der Waals surface area contributed by atoms with Crippen molar-refractivity contribution in [3.05, 3.63) is 101 Å². The molecule has 2 aliphatic rings. The summed E-state index contributed by atoms with van der Waals surface area (Å²) in [4.78, 5) is 16.0. The second-order valence-corrected chi connectivity index (χ2v) is 10.4. The van der Waals surface area contributed by atoms with Gasteiger partial charge in [-0.1, -0.05) is 54.1 Å². The molecule has 1 saturated heterocycles. The van der Waals surface area contributed by atoms with Crippen molar-refractivity contribution < 1.29 is 14.3 Å². The number of piperidine rings is 1. The SMILES string of the molecule is Cc1c(C(=O)NC2CCN(Cc3ccccc3)CC2)cc(-c2ccc(Cl)cc2)n1-c1ccc2c(c1)OCO2. The molecule has 194 valence electrons. The molecule has 4 aromatic rings. The summed E-state index contributed by atoms with van der Waals surface area (Å²) in [6.07, 6.45) is 1.87. The first-order valence-electron chi connectivity index (χ1n) is 13.0. The molecule has 1 N–H and O–H groups in total. The molecule has 6 rings (SSSR count). The summed E-state index contributed by atoms with van der Waals surface area (Å²) in [5.74, 6) is 1.38. The third-order valence-corrected chi connectivity index (χ3v) is 7.67. The Kier molecular flexibility index (Phi) is 6.83. The molecule has 7 heteroatoms. The van der Waals surface area contributed by atoms with Crippen LogP contribution in [0.2, 0.25) is 5.02 Å². The molecule has 0 aliphatic carbocycles. The normalized spacial score (nSPS) is 15.5. The lowest BCUT2D eigenvalue weighted by molar-refractivity contribution is 0.0908. The summed E-state index contributed by atoms with van der Waals surface area (Å²) >= 11 is 6.17. The molecule has 6 nitrogen and oxygen atoms in total. The molecule has 1 amide bonds. The molecule has 0 atom stereocenters. The highest BCUT2D eigenvalue weighted by Gasteiger charge is 2.25. The Morgan fingerprint density at radius 3 is 2.45 bits per heavy atom. The van der Waals surface area contributed by atoms with Crippen molar-refractivity contribution in [2.75, 3.05) is 19.9 Å². The van der Waals surface area contributed by atoms with E-state index in [1.807, 2.05) is 61.5 Å². The van der Waals surface area contributed by atoms with Crippen LogP contribution in [0.3, 0.4) is 0 Å². The smallest absolute Gasteiger partial charge is 0.253 e. The molecule has 38 heavy (non-hydrogen) atoms. The number of amides is 1. The van der Waals surface area contributed by atoms with Crippen molar-refractivity contribution in [3.63, 3.8) is 0 Å². The fourth-order valence-corrected chi connectivity index (χ4v) is 5.49. The Morgan fingerprint density at radius 2 is 1.68 bits per heavy atom. The zero-order chi connectivity index (χ0) is 26.1. The van der Waals surface area contributed by atoms with Crippen LogP contribution in [0.15, 0.2) is 78.9 Å². The minimum Gasteiger partial charge on any atom is -0.454 e. The molecular weight excluding hydrogens is 498 g/mol. The predicted octanol–water partition coefficient (Wildman–Crippen LogP) is 6.23. The summed E-state index contributed by atoms with van der Waals surface area (Å²) in [6.45, 7) is 5.08. The van der Waals surface area contributed by atoms with Gasteiger partial charge in [-0.2, -0.15) is 0 Å². The number of nitrogens with zero attached hydrogens (tertiary/aromatic N) is 2. The summed E-state index contributed by atoms with van der Waals surface area (Å²) in [5, 5.41) is 3.98. The molecule has 0 bridgehead atoms. The highest BCUT2D eigenvalue weighted by molar-refractivity contribution is 6.30. The number of ether oxygens (including phenoxy) is 2. The van der Waals surface area contributed by atoms with Crippen LogP contribution in [0.5, 0.6) is 11.5 Å². The van der Waals surface area contributed by atoms with Crippen LogP contribution in [-0.4, -0.2) is 41.3 Å². The number of aromatic nitrogens is 1. The monoisotopic (exact) mass is 527 g/mol. The largest absolute Gasteiger partial charge is 0.454 e. The zero-order valence-corrected chi connectivity index (χ0v) is 22.1. The average molecular weight is 528 g/mol. The standard InChI is InChI=1S/C31H30ClN3O3/c1-21-27(31(36)33-25-13-15-34(16-14-25)19-22-5-3-2-4-6-22)18-28(23-7-9-24(32)10-8-23)35(21)26-11-12-29-30(17-26)38-20-37-29/h2-12,17-18,25H,13-16,19-20H2,1H3,(H,33,36). The Bertz CT molecular complexity index is 1440. The highest BCUT2D eigenvalue weighted by atomic mass is 35.5. The third kappa shape index (κ3) is 5.02.